The lowest BCUT2D eigenvalue weighted by molar-refractivity contribution is -0.124. The van der Waals surface area contributed by atoms with Crippen LogP contribution in [0.15, 0.2) is 36.4 Å². The Bertz CT molecular complexity index is 827. The molecule has 1 aliphatic rings. The van der Waals surface area contributed by atoms with Crippen molar-refractivity contribution in [1.29, 1.82) is 0 Å². The number of halogens is 2. The van der Waals surface area contributed by atoms with E-state index in [0.29, 0.717) is 25.7 Å². The van der Waals surface area contributed by atoms with E-state index in [1.54, 1.807) is 24.3 Å². The third kappa shape index (κ3) is 4.74. The molecule has 2 N–H and O–H groups in total. The lowest BCUT2D eigenvalue weighted by atomic mass is 9.80. The molecule has 2 atom stereocenters. The van der Waals surface area contributed by atoms with Crippen LogP contribution in [0, 0.1) is 37.3 Å². The van der Waals surface area contributed by atoms with Gasteiger partial charge in [-0.05, 0) is 68.5 Å². The number of hydrogen-bond donors (Lipinski definition) is 2. The van der Waals surface area contributed by atoms with Crippen molar-refractivity contribution in [2.45, 2.75) is 39.5 Å². The van der Waals surface area contributed by atoms with E-state index in [-0.39, 0.29) is 35.0 Å². The molecule has 2 aromatic carbocycles. The monoisotopic (exact) mass is 386 g/mol. The molecule has 1 saturated carbocycles. The normalized spacial score (nSPS) is 19.1. The second kappa shape index (κ2) is 8.50. The van der Waals surface area contributed by atoms with Gasteiger partial charge in [-0.2, -0.15) is 0 Å². The minimum atomic E-state index is -0.487. The molecule has 0 bridgehead atoms. The highest BCUT2D eigenvalue weighted by atomic mass is 19.1. The van der Waals surface area contributed by atoms with Crippen LogP contribution in [0.4, 0.5) is 20.2 Å². The van der Waals surface area contributed by atoms with Crippen LogP contribution in [0.25, 0.3) is 0 Å². The Morgan fingerprint density at radius 3 is 1.68 bits per heavy atom. The van der Waals surface area contributed by atoms with Crippen LogP contribution < -0.4 is 10.6 Å². The van der Waals surface area contributed by atoms with Gasteiger partial charge in [-0.15, -0.1) is 0 Å². The maximum Gasteiger partial charge on any atom is 0.227 e. The first-order chi connectivity index (χ1) is 13.3. The van der Waals surface area contributed by atoms with Crippen molar-refractivity contribution in [1.82, 2.24) is 0 Å². The average Bonchev–Trinajstić information content (AvgIpc) is 2.67. The number of carbonyl (C=O) groups excluding carboxylic acids is 2. The number of rotatable bonds is 4. The highest BCUT2D eigenvalue weighted by Crippen LogP contribution is 2.31. The van der Waals surface area contributed by atoms with E-state index < -0.39 is 11.6 Å². The predicted octanol–water partition coefficient (Wildman–Crippen LogP) is 4.97. The number of nitrogens with one attached hydrogen (secondary N) is 2. The Morgan fingerprint density at radius 2 is 1.25 bits per heavy atom. The molecular formula is C22H24F2N2O2. The molecule has 28 heavy (non-hydrogen) atoms. The van der Waals surface area contributed by atoms with E-state index in [1.807, 2.05) is 13.8 Å². The quantitative estimate of drug-likeness (QED) is 0.780. The molecule has 0 aliphatic heterocycles. The fraction of sp³-hybridized carbons (Fsp3) is 0.364. The second-order valence-electron chi connectivity index (χ2n) is 7.51. The van der Waals surface area contributed by atoms with Gasteiger partial charge in [0.05, 0.1) is 11.4 Å². The summed E-state index contributed by atoms with van der Waals surface area (Å²) in [4.78, 5) is 25.2. The molecule has 3 rings (SSSR count). The van der Waals surface area contributed by atoms with Crippen LogP contribution in [0.5, 0.6) is 0 Å². The minimum absolute atomic E-state index is 0.151. The summed E-state index contributed by atoms with van der Waals surface area (Å²) in [6, 6.07) is 9.07. The summed E-state index contributed by atoms with van der Waals surface area (Å²) in [5, 5.41) is 5.28. The molecule has 0 spiro atoms. The summed E-state index contributed by atoms with van der Waals surface area (Å²) in [6.45, 7) is 3.64. The molecule has 148 valence electrons. The fourth-order valence-corrected chi connectivity index (χ4v) is 3.61. The SMILES string of the molecule is Cc1ccc(F)c(NC(=O)C2CCCC(C(=O)Nc3cc(C)ccc3F)C2)c1. The molecular weight excluding hydrogens is 362 g/mol. The van der Waals surface area contributed by atoms with Crippen LogP contribution >= 0.6 is 0 Å². The molecule has 1 fully saturated rings. The van der Waals surface area contributed by atoms with Crippen LogP contribution in [-0.2, 0) is 9.59 Å². The van der Waals surface area contributed by atoms with Crippen molar-refractivity contribution in [3.8, 4) is 0 Å². The van der Waals surface area contributed by atoms with E-state index >= 15 is 0 Å². The lowest BCUT2D eigenvalue weighted by Gasteiger charge is -2.27. The van der Waals surface area contributed by atoms with Gasteiger partial charge in [0.15, 0.2) is 0 Å². The van der Waals surface area contributed by atoms with E-state index in [0.717, 1.165) is 11.1 Å². The topological polar surface area (TPSA) is 58.2 Å². The summed E-state index contributed by atoms with van der Waals surface area (Å²) in [5.74, 6) is -2.32. The standard InChI is InChI=1S/C22H24F2N2O2/c1-13-6-8-17(23)19(10-13)25-21(27)15-4-3-5-16(12-15)22(28)26-20-11-14(2)7-9-18(20)24/h6-11,15-16H,3-5,12H2,1-2H3,(H,25,27)(H,26,28). The number of carbonyl (C=O) groups is 2. The van der Waals surface area contributed by atoms with Crippen LogP contribution in [-0.4, -0.2) is 11.8 Å². The van der Waals surface area contributed by atoms with Crippen molar-refractivity contribution < 1.29 is 18.4 Å². The van der Waals surface area contributed by atoms with Crippen LogP contribution in [0.2, 0.25) is 0 Å². The molecule has 0 radical (unpaired) electrons. The molecule has 0 aromatic heterocycles. The number of aryl methyl sites for hydroxylation is 2. The minimum Gasteiger partial charge on any atom is -0.323 e. The third-order valence-electron chi connectivity index (χ3n) is 5.18. The number of benzene rings is 2. The Labute approximate surface area is 163 Å². The smallest absolute Gasteiger partial charge is 0.227 e. The van der Waals surface area contributed by atoms with Crippen LogP contribution in [0.1, 0.15) is 36.8 Å². The van der Waals surface area contributed by atoms with Gasteiger partial charge >= 0.3 is 0 Å². The van der Waals surface area contributed by atoms with Crippen molar-refractivity contribution in [2.75, 3.05) is 10.6 Å². The van der Waals surface area contributed by atoms with Gasteiger partial charge < -0.3 is 10.6 Å². The highest BCUT2D eigenvalue weighted by Gasteiger charge is 2.31. The Hall–Kier alpha value is -2.76. The molecule has 2 unspecified atom stereocenters. The first-order valence-corrected chi connectivity index (χ1v) is 9.47. The molecule has 0 heterocycles. The zero-order valence-corrected chi connectivity index (χ0v) is 16.0. The van der Waals surface area contributed by atoms with Crippen molar-refractivity contribution in [2.24, 2.45) is 11.8 Å². The average molecular weight is 386 g/mol. The molecule has 1 aliphatic carbocycles. The Morgan fingerprint density at radius 1 is 0.821 bits per heavy atom. The van der Waals surface area contributed by atoms with Gasteiger partial charge in [0, 0.05) is 11.8 Å². The Balaban J connectivity index is 1.64. The third-order valence-corrected chi connectivity index (χ3v) is 5.18. The molecule has 0 saturated heterocycles. The van der Waals surface area contributed by atoms with Crippen LogP contribution in [0.3, 0.4) is 0 Å². The maximum absolute atomic E-state index is 13.9. The predicted molar refractivity (Wildman–Crippen MR) is 105 cm³/mol. The summed E-state index contributed by atoms with van der Waals surface area (Å²) < 4.78 is 27.8. The second-order valence-corrected chi connectivity index (χ2v) is 7.51. The van der Waals surface area contributed by atoms with Gasteiger partial charge in [0.25, 0.3) is 0 Å². The maximum atomic E-state index is 13.9. The largest absolute Gasteiger partial charge is 0.323 e. The van der Waals surface area contributed by atoms with Crippen molar-refractivity contribution in [3.63, 3.8) is 0 Å². The highest BCUT2D eigenvalue weighted by molar-refractivity contribution is 5.95. The number of amides is 2. The molecule has 2 aromatic rings. The summed E-state index contributed by atoms with van der Waals surface area (Å²) in [7, 11) is 0. The summed E-state index contributed by atoms with van der Waals surface area (Å²) in [6.07, 6.45) is 2.35. The van der Waals surface area contributed by atoms with E-state index in [2.05, 4.69) is 10.6 Å². The van der Waals surface area contributed by atoms with Gasteiger partial charge in [-0.1, -0.05) is 18.6 Å². The first kappa shape index (κ1) is 20.0. The molecule has 6 heteroatoms. The van der Waals surface area contributed by atoms with Gasteiger partial charge in [-0.25, -0.2) is 8.78 Å². The zero-order chi connectivity index (χ0) is 20.3. The first-order valence-electron chi connectivity index (χ1n) is 9.47. The summed E-state index contributed by atoms with van der Waals surface area (Å²) >= 11 is 0. The van der Waals surface area contributed by atoms with Gasteiger partial charge in [0.2, 0.25) is 11.8 Å². The zero-order valence-electron chi connectivity index (χ0n) is 16.0. The fourth-order valence-electron chi connectivity index (χ4n) is 3.61. The lowest BCUT2D eigenvalue weighted by Crippen LogP contribution is -2.33. The number of anilines is 2. The Kier molecular flexibility index (Phi) is 6.07. The van der Waals surface area contributed by atoms with Gasteiger partial charge in [0.1, 0.15) is 11.6 Å². The van der Waals surface area contributed by atoms with Crippen molar-refractivity contribution in [3.05, 3.63) is 59.2 Å². The summed E-state index contributed by atoms with van der Waals surface area (Å²) in [5.41, 5.74) is 1.99. The van der Waals surface area contributed by atoms with E-state index in [1.165, 1.54) is 12.1 Å². The van der Waals surface area contributed by atoms with Gasteiger partial charge in [-0.3, -0.25) is 9.59 Å². The number of hydrogen-bond acceptors (Lipinski definition) is 2. The molecule has 4 nitrogen and oxygen atoms in total. The van der Waals surface area contributed by atoms with Crippen molar-refractivity contribution >= 4 is 23.2 Å². The molecule has 2 amide bonds. The van der Waals surface area contributed by atoms with E-state index in [9.17, 15) is 18.4 Å². The van der Waals surface area contributed by atoms with E-state index in [4.69, 9.17) is 0 Å².